The van der Waals surface area contributed by atoms with Crippen LogP contribution in [0.25, 0.3) is 0 Å². The molecule has 0 bridgehead atoms. The summed E-state index contributed by atoms with van der Waals surface area (Å²) in [6.45, 7) is 5.33. The van der Waals surface area contributed by atoms with Crippen molar-refractivity contribution < 1.29 is 23.9 Å². The molecular formula is C23H27NO5. The van der Waals surface area contributed by atoms with Gasteiger partial charge in [0.25, 0.3) is 0 Å². The predicted octanol–water partition coefficient (Wildman–Crippen LogP) is 3.26. The number of ketones is 1. The summed E-state index contributed by atoms with van der Waals surface area (Å²) in [5.41, 5.74) is 2.65. The first kappa shape index (κ1) is 22.1. The topological polar surface area (TPSA) is 81.7 Å². The zero-order chi connectivity index (χ0) is 21.2. The molecule has 0 saturated heterocycles. The summed E-state index contributed by atoms with van der Waals surface area (Å²) in [5.74, 6) is -0.334. The first-order chi connectivity index (χ1) is 13.8. The van der Waals surface area contributed by atoms with E-state index in [1.54, 1.807) is 31.2 Å². The summed E-state index contributed by atoms with van der Waals surface area (Å²) in [4.78, 5) is 35.2. The summed E-state index contributed by atoms with van der Waals surface area (Å²) < 4.78 is 10.6. The molecule has 0 spiro atoms. The third kappa shape index (κ3) is 7.78. The minimum atomic E-state index is -0.809. The van der Waals surface area contributed by atoms with Crippen LogP contribution in [0, 0.1) is 6.92 Å². The number of amides is 1. The van der Waals surface area contributed by atoms with Crippen LogP contribution in [-0.4, -0.2) is 36.9 Å². The molecule has 6 nitrogen and oxygen atoms in total. The molecule has 1 unspecified atom stereocenters. The highest BCUT2D eigenvalue weighted by molar-refractivity contribution is 5.98. The van der Waals surface area contributed by atoms with Crippen LogP contribution in [0.2, 0.25) is 0 Å². The van der Waals surface area contributed by atoms with Gasteiger partial charge in [-0.15, -0.1) is 0 Å². The molecule has 154 valence electrons. The summed E-state index contributed by atoms with van der Waals surface area (Å²) in [5, 5.41) is 2.75. The second-order valence-electron chi connectivity index (χ2n) is 6.89. The fourth-order valence-corrected chi connectivity index (χ4v) is 2.62. The van der Waals surface area contributed by atoms with Crippen LogP contribution >= 0.6 is 0 Å². The van der Waals surface area contributed by atoms with Crippen LogP contribution in [0.4, 0.5) is 0 Å². The van der Waals surface area contributed by atoms with Crippen LogP contribution in [-0.2, 0) is 20.7 Å². The highest BCUT2D eigenvalue weighted by Gasteiger charge is 2.18. The molecule has 0 aromatic heterocycles. The highest BCUT2D eigenvalue weighted by Crippen LogP contribution is 2.14. The fourth-order valence-electron chi connectivity index (χ4n) is 2.62. The molecule has 0 aliphatic heterocycles. The van der Waals surface area contributed by atoms with Gasteiger partial charge in [0.15, 0.2) is 18.5 Å². The number of benzene rings is 2. The minimum Gasteiger partial charge on any atom is -0.479 e. The van der Waals surface area contributed by atoms with E-state index >= 15 is 0 Å². The van der Waals surface area contributed by atoms with E-state index in [1.165, 1.54) is 6.92 Å². The predicted molar refractivity (Wildman–Crippen MR) is 110 cm³/mol. The Morgan fingerprint density at radius 2 is 1.66 bits per heavy atom. The molecule has 0 fully saturated rings. The van der Waals surface area contributed by atoms with Crippen molar-refractivity contribution in [3.05, 3.63) is 65.2 Å². The Labute approximate surface area is 171 Å². The summed E-state index contributed by atoms with van der Waals surface area (Å²) in [6, 6.07) is 14.5. The smallest absolute Gasteiger partial charge is 0.347 e. The van der Waals surface area contributed by atoms with Gasteiger partial charge in [-0.25, -0.2) is 4.79 Å². The standard InChI is InChI=1S/C23H27NO5/c1-16-6-12-21(13-7-16)29-17(2)23(27)28-15-22(26)20-10-8-19(9-11-20)5-4-14-24-18(3)25/h6-13,17H,4-5,14-15H2,1-3H3,(H,24,25). The first-order valence-corrected chi connectivity index (χ1v) is 9.61. The number of hydrogen-bond donors (Lipinski definition) is 1. The molecule has 2 aromatic rings. The third-order valence-electron chi connectivity index (χ3n) is 4.30. The van der Waals surface area contributed by atoms with Crippen LogP contribution in [0.3, 0.4) is 0 Å². The van der Waals surface area contributed by atoms with Gasteiger partial charge >= 0.3 is 5.97 Å². The Morgan fingerprint density at radius 1 is 1.00 bits per heavy atom. The van der Waals surface area contributed by atoms with Crippen molar-refractivity contribution in [2.45, 2.75) is 39.7 Å². The van der Waals surface area contributed by atoms with Crippen molar-refractivity contribution in [1.29, 1.82) is 0 Å². The van der Waals surface area contributed by atoms with Crippen LogP contribution in [0.15, 0.2) is 48.5 Å². The Morgan fingerprint density at radius 3 is 2.28 bits per heavy atom. The maximum Gasteiger partial charge on any atom is 0.347 e. The van der Waals surface area contributed by atoms with E-state index in [2.05, 4.69) is 5.32 Å². The molecule has 0 aliphatic rings. The first-order valence-electron chi connectivity index (χ1n) is 9.61. The number of carbonyl (C=O) groups is 3. The molecule has 1 atom stereocenters. The van der Waals surface area contributed by atoms with Crippen molar-refractivity contribution in [1.82, 2.24) is 5.32 Å². The van der Waals surface area contributed by atoms with Crippen molar-refractivity contribution in [3.63, 3.8) is 0 Å². The number of aryl methyl sites for hydroxylation is 2. The SMILES string of the molecule is CC(=O)NCCCc1ccc(C(=O)COC(=O)C(C)Oc2ccc(C)cc2)cc1. The van der Waals surface area contributed by atoms with Gasteiger partial charge in [-0.2, -0.15) is 0 Å². The molecule has 1 N–H and O–H groups in total. The van der Waals surface area contributed by atoms with E-state index < -0.39 is 12.1 Å². The summed E-state index contributed by atoms with van der Waals surface area (Å²) >= 11 is 0. The zero-order valence-electron chi connectivity index (χ0n) is 17.1. The van der Waals surface area contributed by atoms with Gasteiger partial charge in [-0.1, -0.05) is 42.0 Å². The van der Waals surface area contributed by atoms with E-state index in [9.17, 15) is 14.4 Å². The van der Waals surface area contributed by atoms with Crippen molar-refractivity contribution >= 4 is 17.7 Å². The molecule has 0 radical (unpaired) electrons. The molecule has 2 aromatic carbocycles. The molecule has 2 rings (SSSR count). The van der Waals surface area contributed by atoms with Crippen molar-refractivity contribution in [2.24, 2.45) is 0 Å². The molecule has 0 heterocycles. The lowest BCUT2D eigenvalue weighted by Gasteiger charge is -2.14. The molecule has 0 aliphatic carbocycles. The van der Waals surface area contributed by atoms with Gasteiger partial charge in [0.2, 0.25) is 5.91 Å². The normalized spacial score (nSPS) is 11.4. The summed E-state index contributed by atoms with van der Waals surface area (Å²) in [7, 11) is 0. The Hall–Kier alpha value is -3.15. The number of Topliss-reactive ketones (excluding diaryl/α,β-unsaturated/α-hetero) is 1. The number of rotatable bonds is 10. The monoisotopic (exact) mass is 397 g/mol. The van der Waals surface area contributed by atoms with E-state index in [4.69, 9.17) is 9.47 Å². The second-order valence-corrected chi connectivity index (χ2v) is 6.89. The Bertz CT molecular complexity index is 827. The fraction of sp³-hybridized carbons (Fsp3) is 0.348. The van der Waals surface area contributed by atoms with Crippen molar-refractivity contribution in [2.75, 3.05) is 13.2 Å². The van der Waals surface area contributed by atoms with E-state index in [0.717, 1.165) is 24.0 Å². The van der Waals surface area contributed by atoms with E-state index in [-0.39, 0.29) is 18.3 Å². The Balaban J connectivity index is 1.76. The number of nitrogens with one attached hydrogen (secondary N) is 1. The largest absolute Gasteiger partial charge is 0.479 e. The zero-order valence-corrected chi connectivity index (χ0v) is 17.1. The second kappa shape index (κ2) is 11.0. The number of carbonyl (C=O) groups excluding carboxylic acids is 3. The number of hydrogen-bond acceptors (Lipinski definition) is 5. The van der Waals surface area contributed by atoms with Gasteiger partial charge in [0, 0.05) is 19.0 Å². The van der Waals surface area contributed by atoms with Crippen LogP contribution < -0.4 is 10.1 Å². The lowest BCUT2D eigenvalue weighted by atomic mass is 10.1. The highest BCUT2D eigenvalue weighted by atomic mass is 16.6. The lowest BCUT2D eigenvalue weighted by Crippen LogP contribution is -2.28. The van der Waals surface area contributed by atoms with Gasteiger partial charge < -0.3 is 14.8 Å². The van der Waals surface area contributed by atoms with Crippen LogP contribution in [0.5, 0.6) is 5.75 Å². The molecular weight excluding hydrogens is 370 g/mol. The maximum atomic E-state index is 12.2. The van der Waals surface area contributed by atoms with Gasteiger partial charge in [0.05, 0.1) is 0 Å². The van der Waals surface area contributed by atoms with Gasteiger partial charge in [0.1, 0.15) is 5.75 Å². The van der Waals surface area contributed by atoms with E-state index in [1.807, 2.05) is 31.2 Å². The van der Waals surface area contributed by atoms with Crippen LogP contribution in [0.1, 0.15) is 41.8 Å². The maximum absolute atomic E-state index is 12.2. The van der Waals surface area contributed by atoms with Crippen molar-refractivity contribution in [3.8, 4) is 5.75 Å². The molecule has 1 amide bonds. The molecule has 0 saturated carbocycles. The lowest BCUT2D eigenvalue weighted by molar-refractivity contribution is -0.149. The molecule has 29 heavy (non-hydrogen) atoms. The number of esters is 1. The average molecular weight is 397 g/mol. The number of ether oxygens (including phenoxy) is 2. The quantitative estimate of drug-likeness (QED) is 0.378. The third-order valence-corrected chi connectivity index (χ3v) is 4.30. The minimum absolute atomic E-state index is 0.0425. The van der Waals surface area contributed by atoms with E-state index in [0.29, 0.717) is 17.9 Å². The van der Waals surface area contributed by atoms with Gasteiger partial charge in [-0.3, -0.25) is 9.59 Å². The molecule has 6 heteroatoms. The summed E-state index contributed by atoms with van der Waals surface area (Å²) in [6.07, 6.45) is 0.817. The Kier molecular flexibility index (Phi) is 8.40. The average Bonchev–Trinajstić information content (AvgIpc) is 2.71. The van der Waals surface area contributed by atoms with Gasteiger partial charge in [-0.05, 0) is 44.4 Å².